The third-order valence-electron chi connectivity index (χ3n) is 7.16. The van der Waals surface area contributed by atoms with Crippen LogP contribution in [0.25, 0.3) is 11.0 Å². The molecule has 18 heteroatoms. The maximum atomic E-state index is 13.0. The molecule has 2 aromatic heterocycles. The lowest BCUT2D eigenvalue weighted by molar-refractivity contribution is -0.118. The third kappa shape index (κ3) is 5.96. The summed E-state index contributed by atoms with van der Waals surface area (Å²) in [5.41, 5.74) is 2.47. The van der Waals surface area contributed by atoms with E-state index in [0.717, 1.165) is 30.0 Å². The van der Waals surface area contributed by atoms with Crippen LogP contribution in [0.3, 0.4) is 0 Å². The molecule has 6 atom stereocenters. The van der Waals surface area contributed by atoms with E-state index in [1.165, 1.54) is 11.8 Å². The first-order chi connectivity index (χ1) is 19.3. The quantitative estimate of drug-likeness (QED) is 0.138. The summed E-state index contributed by atoms with van der Waals surface area (Å²) in [6.07, 6.45) is -3.34. The molecule has 2 unspecified atom stereocenters. The number of hydrogen-bond acceptors (Lipinski definition) is 11. The summed E-state index contributed by atoms with van der Waals surface area (Å²) in [4.78, 5) is 36.7. The van der Waals surface area contributed by atoms with E-state index in [4.69, 9.17) is 16.3 Å². The lowest BCUT2D eigenvalue weighted by atomic mass is 10.1. The van der Waals surface area contributed by atoms with Gasteiger partial charge in [0.05, 0.1) is 23.4 Å². The fraction of sp³-hybridized carbons (Fsp3) is 0.478. The molecule has 3 heterocycles. The van der Waals surface area contributed by atoms with Gasteiger partial charge in [0, 0.05) is 13.5 Å². The predicted octanol–water partition coefficient (Wildman–Crippen LogP) is 0.253. The van der Waals surface area contributed by atoms with Crippen molar-refractivity contribution in [2.75, 3.05) is 17.6 Å². The first-order valence-electron chi connectivity index (χ1n) is 12.5. The molecule has 41 heavy (non-hydrogen) atoms. The van der Waals surface area contributed by atoms with Crippen LogP contribution in [0.15, 0.2) is 30.5 Å². The average molecular weight is 631 g/mol. The number of hydrogen-bond donors (Lipinski definition) is 6. The van der Waals surface area contributed by atoms with Gasteiger partial charge in [-0.2, -0.15) is 15.1 Å². The van der Waals surface area contributed by atoms with Gasteiger partial charge in [0.1, 0.15) is 24.1 Å². The molecule has 0 saturated carbocycles. The van der Waals surface area contributed by atoms with Gasteiger partial charge in [-0.3, -0.25) is 9.36 Å². The van der Waals surface area contributed by atoms with Crippen molar-refractivity contribution in [2.45, 2.75) is 55.3 Å². The number of halogens is 1. The second-order valence-electron chi connectivity index (χ2n) is 9.96. The number of fused-ring (bicyclic) bond motifs is 2. The zero-order valence-corrected chi connectivity index (χ0v) is 24.0. The maximum absolute atomic E-state index is 13.0. The molecule has 2 aliphatic rings. The topological polar surface area (TPSA) is 226 Å². The van der Waals surface area contributed by atoms with Crippen molar-refractivity contribution in [3.05, 3.63) is 46.9 Å². The number of aliphatic hydroxyl groups excluding tert-OH is 2. The highest BCUT2D eigenvalue weighted by Crippen LogP contribution is 2.45. The monoisotopic (exact) mass is 630 g/mol. The number of carbonyl (C=O) groups excluding carboxylic acids is 1. The molecule has 0 radical (unpaired) electrons. The highest BCUT2D eigenvalue weighted by molar-refractivity contribution is 7.98. The number of sulfone groups is 1. The first-order valence-corrected chi connectivity index (χ1v) is 16.3. The second-order valence-corrected chi connectivity index (χ2v) is 14.7. The van der Waals surface area contributed by atoms with E-state index >= 15 is 0 Å². The first kappa shape index (κ1) is 29.8. The number of rotatable bonds is 9. The van der Waals surface area contributed by atoms with Gasteiger partial charge in [-0.1, -0.05) is 24.3 Å². The molecule has 1 aromatic carbocycles. The summed E-state index contributed by atoms with van der Waals surface area (Å²) in [6.45, 7) is 0.211. The Bertz CT molecular complexity index is 1630. The standard InChI is InChI=1S/C23H28ClN6O9PS/c1-11(31)25-9-17(40(34,35)36)41(37,38)10-16-18(32)19(33)22(39-16)30-21-14(8-26-30)20(28-23(24)29-21)27-15-7-6-12-4-2-3-5-13(12)15/h2-5,8,15-19,22,32-33H,6-7,9-10H2,1H3,(H,25,31)(H,27,28,29)(H2,34,35,36)/t15?,16-,17?,18-,19-,22-/m1/s1. The van der Waals surface area contributed by atoms with Crippen LogP contribution in [0.1, 0.15) is 36.7 Å². The largest absolute Gasteiger partial charge is 0.387 e. The Kier molecular flexibility index (Phi) is 8.13. The second kappa shape index (κ2) is 11.2. The summed E-state index contributed by atoms with van der Waals surface area (Å²) < 4.78 is 44.7. The minimum atomic E-state index is -5.24. The molecule has 0 spiro atoms. The van der Waals surface area contributed by atoms with E-state index in [2.05, 4.69) is 31.8 Å². The van der Waals surface area contributed by atoms with Crippen molar-refractivity contribution in [2.24, 2.45) is 0 Å². The average Bonchev–Trinajstić information content (AvgIpc) is 3.55. The van der Waals surface area contributed by atoms with Gasteiger partial charge in [0.2, 0.25) is 11.2 Å². The number of nitrogens with one attached hydrogen (secondary N) is 2. The van der Waals surface area contributed by atoms with Gasteiger partial charge >= 0.3 is 7.60 Å². The van der Waals surface area contributed by atoms with Crippen molar-refractivity contribution in [1.82, 2.24) is 25.1 Å². The Morgan fingerprint density at radius 1 is 1.24 bits per heavy atom. The van der Waals surface area contributed by atoms with E-state index in [1.54, 1.807) is 0 Å². The molecular weight excluding hydrogens is 603 g/mol. The van der Waals surface area contributed by atoms with Crippen LogP contribution in [0.4, 0.5) is 5.82 Å². The van der Waals surface area contributed by atoms with Crippen LogP contribution in [-0.4, -0.2) is 89.7 Å². The van der Waals surface area contributed by atoms with Crippen molar-refractivity contribution in [1.29, 1.82) is 0 Å². The van der Waals surface area contributed by atoms with Crippen molar-refractivity contribution in [3.8, 4) is 0 Å². The highest BCUT2D eigenvalue weighted by Gasteiger charge is 2.50. The minimum Gasteiger partial charge on any atom is -0.387 e. The fourth-order valence-electron chi connectivity index (χ4n) is 5.16. The molecule has 3 aromatic rings. The SMILES string of the molecule is CC(=O)NCC(P(=O)(O)O)S(=O)(=O)C[C@H]1O[C@@H](n2ncc3c(NC4CCc5ccccc54)nc(Cl)nc32)[C@H](O)[C@@H]1O. The molecule has 1 fully saturated rings. The molecule has 15 nitrogen and oxygen atoms in total. The molecular formula is C23H28ClN6O9PS. The lowest BCUT2D eigenvalue weighted by Crippen LogP contribution is -2.42. The Labute approximate surface area is 239 Å². The van der Waals surface area contributed by atoms with Crippen molar-refractivity contribution < 1.29 is 42.5 Å². The van der Waals surface area contributed by atoms with E-state index in [-0.39, 0.29) is 17.0 Å². The van der Waals surface area contributed by atoms with Crippen LogP contribution in [0, 0.1) is 0 Å². The van der Waals surface area contributed by atoms with E-state index in [1.807, 2.05) is 18.2 Å². The number of aromatic nitrogens is 4. The van der Waals surface area contributed by atoms with E-state index in [0.29, 0.717) is 11.2 Å². The predicted molar refractivity (Wildman–Crippen MR) is 146 cm³/mol. The fourth-order valence-corrected chi connectivity index (χ4v) is 8.88. The summed E-state index contributed by atoms with van der Waals surface area (Å²) in [5.74, 6) is -1.37. The summed E-state index contributed by atoms with van der Waals surface area (Å²) in [5, 5.41) is 31.4. The number of carbonyl (C=O) groups is 1. The zero-order chi connectivity index (χ0) is 29.7. The summed E-state index contributed by atoms with van der Waals surface area (Å²) in [7, 11) is -9.91. The highest BCUT2D eigenvalue weighted by atomic mass is 35.5. The zero-order valence-electron chi connectivity index (χ0n) is 21.5. The number of ether oxygens (including phenoxy) is 1. The molecule has 1 saturated heterocycles. The normalized spacial score (nSPS) is 25.3. The Hall–Kier alpha value is -2.69. The number of benzene rings is 1. The van der Waals surface area contributed by atoms with Gasteiger partial charge in [-0.25, -0.2) is 13.1 Å². The molecule has 1 amide bonds. The molecule has 1 aliphatic heterocycles. The molecule has 1 aliphatic carbocycles. The van der Waals surface area contributed by atoms with Gasteiger partial charge in [0.15, 0.2) is 26.7 Å². The van der Waals surface area contributed by atoms with Crippen LogP contribution in [-0.2, 0) is 30.4 Å². The van der Waals surface area contributed by atoms with Crippen LogP contribution < -0.4 is 10.6 Å². The number of aliphatic hydroxyl groups is 2. The Balaban J connectivity index is 1.40. The molecule has 222 valence electrons. The smallest absolute Gasteiger partial charge is 0.345 e. The van der Waals surface area contributed by atoms with Gasteiger partial charge < -0.3 is 35.4 Å². The number of nitrogens with zero attached hydrogens (tertiary/aromatic N) is 4. The van der Waals surface area contributed by atoms with Crippen molar-refractivity contribution >= 4 is 51.8 Å². The number of amides is 1. The van der Waals surface area contributed by atoms with Gasteiger partial charge in [-0.05, 0) is 35.6 Å². The van der Waals surface area contributed by atoms with Crippen LogP contribution in [0.2, 0.25) is 5.28 Å². The van der Waals surface area contributed by atoms with E-state index in [9.17, 15) is 37.8 Å². The van der Waals surface area contributed by atoms with Crippen LogP contribution in [0.5, 0.6) is 0 Å². The molecule has 6 N–H and O–H groups in total. The van der Waals surface area contributed by atoms with Crippen LogP contribution >= 0.6 is 19.2 Å². The third-order valence-corrected chi connectivity index (χ3v) is 11.8. The number of aryl methyl sites for hydroxylation is 1. The maximum Gasteiger partial charge on any atom is 0.345 e. The summed E-state index contributed by atoms with van der Waals surface area (Å²) in [6, 6.07) is 7.95. The Morgan fingerprint density at radius 3 is 2.68 bits per heavy atom. The van der Waals surface area contributed by atoms with E-state index < -0.39 is 65.2 Å². The Morgan fingerprint density at radius 2 is 1.98 bits per heavy atom. The minimum absolute atomic E-state index is 0.0482. The molecule has 0 bridgehead atoms. The van der Waals surface area contributed by atoms with Gasteiger partial charge in [-0.15, -0.1) is 0 Å². The van der Waals surface area contributed by atoms with Gasteiger partial charge in [0.25, 0.3) is 0 Å². The summed E-state index contributed by atoms with van der Waals surface area (Å²) >= 11 is 6.22. The van der Waals surface area contributed by atoms with Crippen molar-refractivity contribution in [3.63, 3.8) is 0 Å². The lowest BCUT2D eigenvalue weighted by Gasteiger charge is -2.22. The molecule has 5 rings (SSSR count). The number of anilines is 1.